The van der Waals surface area contributed by atoms with Crippen LogP contribution in [-0.2, 0) is 24.6 Å². The summed E-state index contributed by atoms with van der Waals surface area (Å²) in [5.74, 6) is -0.920. The maximum atomic E-state index is 12.8. The summed E-state index contributed by atoms with van der Waals surface area (Å²) in [6, 6.07) is 19.2. The van der Waals surface area contributed by atoms with Crippen molar-refractivity contribution in [2.75, 3.05) is 0 Å². The van der Waals surface area contributed by atoms with Crippen LogP contribution in [-0.4, -0.2) is 23.9 Å². The van der Waals surface area contributed by atoms with E-state index in [1.54, 1.807) is 6.07 Å². The van der Waals surface area contributed by atoms with Crippen LogP contribution in [0.15, 0.2) is 73.3 Å². The fourth-order valence-corrected chi connectivity index (χ4v) is 7.85. The van der Waals surface area contributed by atoms with Crippen molar-refractivity contribution in [2.24, 2.45) is 5.41 Å². The topological polar surface area (TPSA) is 105 Å². The average molecular weight is 731 g/mol. The van der Waals surface area contributed by atoms with Crippen LogP contribution < -0.4 is 18.9 Å². The summed E-state index contributed by atoms with van der Waals surface area (Å²) in [7, 11) is 0. The van der Waals surface area contributed by atoms with Gasteiger partial charge in [-0.3, -0.25) is 14.4 Å². The Morgan fingerprint density at radius 1 is 0.704 bits per heavy atom. The molecule has 4 aromatic carbocycles. The molecule has 0 aromatic heterocycles. The zero-order valence-corrected chi connectivity index (χ0v) is 33.2. The maximum absolute atomic E-state index is 12.8. The van der Waals surface area contributed by atoms with Crippen LogP contribution in [0.1, 0.15) is 115 Å². The number of aryl methyl sites for hydroxylation is 5. The predicted molar refractivity (Wildman–Crippen MR) is 209 cm³/mol. The molecule has 0 aliphatic carbocycles. The van der Waals surface area contributed by atoms with E-state index in [1.807, 2.05) is 89.2 Å². The highest BCUT2D eigenvalue weighted by molar-refractivity contribution is 5.92. The van der Waals surface area contributed by atoms with Crippen molar-refractivity contribution in [2.45, 2.75) is 99.8 Å². The Labute approximate surface area is 318 Å². The van der Waals surface area contributed by atoms with Gasteiger partial charge in [0, 0.05) is 35.3 Å². The van der Waals surface area contributed by atoms with Crippen molar-refractivity contribution >= 4 is 23.9 Å². The number of benzene rings is 4. The monoisotopic (exact) mass is 730 g/mol. The highest BCUT2D eigenvalue weighted by Gasteiger charge is 2.40. The van der Waals surface area contributed by atoms with Gasteiger partial charge in [0.05, 0.1) is 0 Å². The van der Waals surface area contributed by atoms with Gasteiger partial charge in [0.2, 0.25) is 0 Å². The second-order valence-electron chi connectivity index (χ2n) is 16.3. The van der Waals surface area contributed by atoms with E-state index >= 15 is 0 Å². The minimum Gasteiger partial charge on any atom is -0.426 e. The van der Waals surface area contributed by atoms with Gasteiger partial charge in [-0.25, -0.2) is 4.79 Å². The standard InChI is InChI=1S/C25H30O4.C21H20O4/c1-15-8-10-21-18(12-15)22(23(27)29-21)19-13-17(9-11-20(19)28-16(2)26)25(6,7)14-24(3,4)5;1-6-17(22)24-19-13(4)7-11(2)9-15(19)18-16-10-12(3)8-14(5)20(16)25-21(18)23/h8-13,22H,14H2,1-7H3;6-10,18H,1H2,2-5H3. The Hall–Kier alpha value is -5.50. The van der Waals surface area contributed by atoms with Crippen molar-refractivity contribution < 1.29 is 38.1 Å². The summed E-state index contributed by atoms with van der Waals surface area (Å²) < 4.78 is 22.0. The molecule has 0 bridgehead atoms. The maximum Gasteiger partial charge on any atom is 0.335 e. The summed E-state index contributed by atoms with van der Waals surface area (Å²) >= 11 is 0. The van der Waals surface area contributed by atoms with Crippen LogP contribution in [0.5, 0.6) is 23.0 Å². The van der Waals surface area contributed by atoms with Crippen LogP contribution >= 0.6 is 0 Å². The summed E-state index contributed by atoms with van der Waals surface area (Å²) in [5.41, 5.74) is 8.86. The summed E-state index contributed by atoms with van der Waals surface area (Å²) in [6.45, 7) is 25.5. The minimum atomic E-state index is -0.611. The third kappa shape index (κ3) is 8.49. The molecule has 8 nitrogen and oxygen atoms in total. The number of carbonyl (C=O) groups excluding carboxylic acids is 4. The van der Waals surface area contributed by atoms with Gasteiger partial charge in [-0.05, 0) is 80.7 Å². The fraction of sp³-hybridized carbons (Fsp3) is 0.348. The van der Waals surface area contributed by atoms with E-state index in [0.717, 1.165) is 57.0 Å². The first-order valence-corrected chi connectivity index (χ1v) is 18.1. The molecule has 2 aliphatic rings. The van der Waals surface area contributed by atoms with E-state index in [1.165, 1.54) is 6.92 Å². The molecule has 4 aromatic rings. The molecule has 0 fully saturated rings. The lowest BCUT2D eigenvalue weighted by Crippen LogP contribution is -2.25. The smallest absolute Gasteiger partial charge is 0.335 e. The Kier molecular flexibility index (Phi) is 11.1. The van der Waals surface area contributed by atoms with Crippen LogP contribution in [0, 0.1) is 40.0 Å². The number of hydrogen-bond donors (Lipinski definition) is 0. The first-order valence-electron chi connectivity index (χ1n) is 18.1. The Bertz CT molecular complexity index is 2180. The minimum absolute atomic E-state index is 0.111. The van der Waals surface area contributed by atoms with Gasteiger partial charge in [0.25, 0.3) is 0 Å². The molecule has 0 saturated carbocycles. The number of ether oxygens (including phenoxy) is 4. The normalized spacial score (nSPS) is 16.0. The molecular weight excluding hydrogens is 680 g/mol. The molecule has 8 heteroatoms. The van der Waals surface area contributed by atoms with Gasteiger partial charge in [-0.15, -0.1) is 0 Å². The predicted octanol–water partition coefficient (Wildman–Crippen LogP) is 9.75. The first kappa shape index (κ1) is 39.7. The van der Waals surface area contributed by atoms with Gasteiger partial charge >= 0.3 is 23.9 Å². The van der Waals surface area contributed by atoms with Gasteiger partial charge in [0.1, 0.15) is 34.8 Å². The Morgan fingerprint density at radius 2 is 1.30 bits per heavy atom. The van der Waals surface area contributed by atoms with E-state index in [2.05, 4.69) is 41.2 Å². The lowest BCUT2D eigenvalue weighted by molar-refractivity contribution is -0.134. The molecule has 54 heavy (non-hydrogen) atoms. The molecule has 0 radical (unpaired) electrons. The van der Waals surface area contributed by atoms with Crippen LogP contribution in [0.3, 0.4) is 0 Å². The second kappa shape index (κ2) is 15.1. The SMILES string of the molecule is C=CC(=O)Oc1c(C)cc(C)cc1C1C(=O)Oc2c(C)cc(C)cc21.CC(=O)Oc1ccc(C(C)(C)CC(C)(C)C)cc1C1C(=O)Oc2ccc(C)cc21. The van der Waals surface area contributed by atoms with E-state index < -0.39 is 23.8 Å². The molecule has 0 spiro atoms. The largest absolute Gasteiger partial charge is 0.426 e. The van der Waals surface area contributed by atoms with Gasteiger partial charge in [-0.1, -0.05) is 106 Å². The van der Waals surface area contributed by atoms with E-state index in [4.69, 9.17) is 18.9 Å². The summed E-state index contributed by atoms with van der Waals surface area (Å²) in [5, 5.41) is 0. The van der Waals surface area contributed by atoms with Crippen molar-refractivity contribution in [1.82, 2.24) is 0 Å². The summed E-state index contributed by atoms with van der Waals surface area (Å²) in [6.07, 6.45) is 2.08. The van der Waals surface area contributed by atoms with Crippen molar-refractivity contribution in [1.29, 1.82) is 0 Å². The Balaban J connectivity index is 0.000000210. The molecule has 2 heterocycles. The molecule has 6 rings (SSSR count). The number of esters is 4. The van der Waals surface area contributed by atoms with Gasteiger partial charge < -0.3 is 18.9 Å². The number of fused-ring (bicyclic) bond motifs is 2. The van der Waals surface area contributed by atoms with Crippen molar-refractivity contribution in [3.63, 3.8) is 0 Å². The number of rotatable bonds is 7. The third-order valence-electron chi connectivity index (χ3n) is 9.58. The molecule has 0 amide bonds. The number of hydrogen-bond acceptors (Lipinski definition) is 8. The molecule has 2 aliphatic heterocycles. The molecule has 2 atom stereocenters. The van der Waals surface area contributed by atoms with Crippen molar-refractivity contribution in [3.05, 3.63) is 129 Å². The lowest BCUT2D eigenvalue weighted by atomic mass is 9.71. The fourth-order valence-electron chi connectivity index (χ4n) is 7.85. The quantitative estimate of drug-likeness (QED) is 0.105. The van der Waals surface area contributed by atoms with E-state index in [9.17, 15) is 19.2 Å². The zero-order chi connectivity index (χ0) is 39.9. The van der Waals surface area contributed by atoms with Crippen LogP contribution in [0.4, 0.5) is 0 Å². The number of carbonyl (C=O) groups is 4. The van der Waals surface area contributed by atoms with Crippen LogP contribution in [0.25, 0.3) is 0 Å². The molecule has 0 saturated heterocycles. The average Bonchev–Trinajstić information content (AvgIpc) is 3.55. The van der Waals surface area contributed by atoms with Crippen LogP contribution in [0.2, 0.25) is 0 Å². The Morgan fingerprint density at radius 3 is 1.93 bits per heavy atom. The third-order valence-corrected chi connectivity index (χ3v) is 9.58. The highest BCUT2D eigenvalue weighted by atomic mass is 16.6. The van der Waals surface area contributed by atoms with Gasteiger partial charge in [-0.2, -0.15) is 0 Å². The highest BCUT2D eigenvalue weighted by Crippen LogP contribution is 2.47. The van der Waals surface area contributed by atoms with Gasteiger partial charge in [0.15, 0.2) is 0 Å². The molecule has 2 unspecified atom stereocenters. The molecule has 0 N–H and O–H groups in total. The first-order chi connectivity index (χ1) is 25.2. The lowest BCUT2D eigenvalue weighted by Gasteiger charge is -2.33. The van der Waals surface area contributed by atoms with E-state index in [-0.39, 0.29) is 22.8 Å². The molecular formula is C46H50O8. The summed E-state index contributed by atoms with van der Waals surface area (Å²) in [4.78, 5) is 48.9. The van der Waals surface area contributed by atoms with Crippen molar-refractivity contribution in [3.8, 4) is 23.0 Å². The molecule has 282 valence electrons. The zero-order valence-electron chi connectivity index (χ0n) is 33.2. The van der Waals surface area contributed by atoms with E-state index in [0.29, 0.717) is 34.1 Å². The second-order valence-corrected chi connectivity index (χ2v) is 16.3.